The van der Waals surface area contributed by atoms with Crippen LogP contribution >= 0.6 is 0 Å². The molecule has 0 aliphatic carbocycles. The van der Waals surface area contributed by atoms with Crippen LogP contribution in [0.5, 0.6) is 5.75 Å². The lowest BCUT2D eigenvalue weighted by molar-refractivity contribution is -0.129. The number of nitrogens with zero attached hydrogens (tertiary/aromatic N) is 1. The van der Waals surface area contributed by atoms with E-state index < -0.39 is 12.0 Å². The Hall–Kier alpha value is -2.66. The van der Waals surface area contributed by atoms with Gasteiger partial charge in [0, 0.05) is 5.56 Å². The van der Waals surface area contributed by atoms with Crippen LogP contribution in [0.2, 0.25) is 0 Å². The monoisotopic (exact) mass is 298 g/mol. The minimum atomic E-state index is -1.25. The second-order valence-corrected chi connectivity index (χ2v) is 4.52. The van der Waals surface area contributed by atoms with Crippen molar-refractivity contribution >= 4 is 12.1 Å². The molecule has 5 nitrogen and oxygen atoms in total. The molecule has 0 saturated heterocycles. The standard InChI is InChI=1S/C17H18N2O3/c1-2-22-15-11-7-6-10-14(15)12-18-19-17(21)16(20)13-8-4-3-5-9-13/h3-12,16,20H,2H2,1H3,(H,19,21). The van der Waals surface area contributed by atoms with E-state index in [0.29, 0.717) is 17.9 Å². The van der Waals surface area contributed by atoms with Gasteiger partial charge in [-0.3, -0.25) is 4.79 Å². The normalized spacial score (nSPS) is 12.1. The molecule has 2 aromatic carbocycles. The Kier molecular flexibility index (Phi) is 5.68. The van der Waals surface area contributed by atoms with Crippen molar-refractivity contribution < 1.29 is 14.6 Å². The number of nitrogens with one attached hydrogen (secondary N) is 1. The number of hydrogen-bond donors (Lipinski definition) is 2. The van der Waals surface area contributed by atoms with E-state index in [0.717, 1.165) is 5.56 Å². The van der Waals surface area contributed by atoms with Gasteiger partial charge in [0.25, 0.3) is 5.91 Å². The van der Waals surface area contributed by atoms with Gasteiger partial charge in [-0.25, -0.2) is 5.43 Å². The van der Waals surface area contributed by atoms with Crippen LogP contribution in [0.1, 0.15) is 24.2 Å². The van der Waals surface area contributed by atoms with Gasteiger partial charge in [0.2, 0.25) is 0 Å². The van der Waals surface area contributed by atoms with Crippen LogP contribution in [0, 0.1) is 0 Å². The maximum Gasteiger partial charge on any atom is 0.273 e. The van der Waals surface area contributed by atoms with Gasteiger partial charge in [-0.2, -0.15) is 5.10 Å². The van der Waals surface area contributed by atoms with E-state index in [-0.39, 0.29) is 0 Å². The highest BCUT2D eigenvalue weighted by molar-refractivity contribution is 5.86. The van der Waals surface area contributed by atoms with Gasteiger partial charge in [0.1, 0.15) is 5.75 Å². The number of amides is 1. The van der Waals surface area contributed by atoms with Crippen LogP contribution in [-0.4, -0.2) is 23.8 Å². The number of benzene rings is 2. The van der Waals surface area contributed by atoms with Crippen molar-refractivity contribution in [2.75, 3.05) is 6.61 Å². The molecule has 0 aromatic heterocycles. The maximum atomic E-state index is 11.8. The van der Waals surface area contributed by atoms with Crippen molar-refractivity contribution in [1.82, 2.24) is 5.43 Å². The molecule has 2 N–H and O–H groups in total. The molecule has 0 aliphatic rings. The molecular weight excluding hydrogens is 280 g/mol. The first-order valence-electron chi connectivity index (χ1n) is 7.00. The Labute approximate surface area is 129 Å². The molecule has 0 spiro atoms. The summed E-state index contributed by atoms with van der Waals surface area (Å²) in [5.74, 6) is 0.1000. The number of rotatable bonds is 6. The number of aliphatic hydroxyl groups excluding tert-OH is 1. The molecule has 1 atom stereocenters. The zero-order valence-electron chi connectivity index (χ0n) is 12.3. The predicted molar refractivity (Wildman–Crippen MR) is 84.7 cm³/mol. The lowest BCUT2D eigenvalue weighted by atomic mass is 10.1. The summed E-state index contributed by atoms with van der Waals surface area (Å²) < 4.78 is 5.46. The summed E-state index contributed by atoms with van der Waals surface area (Å²) in [6.07, 6.45) is 0.237. The topological polar surface area (TPSA) is 70.9 Å². The van der Waals surface area contributed by atoms with E-state index >= 15 is 0 Å². The third-order valence-corrected chi connectivity index (χ3v) is 2.96. The minimum Gasteiger partial charge on any atom is -0.493 e. The Balaban J connectivity index is 1.99. The molecule has 0 saturated carbocycles. The molecule has 2 aromatic rings. The third-order valence-electron chi connectivity index (χ3n) is 2.96. The van der Waals surface area contributed by atoms with Crippen molar-refractivity contribution in [3.05, 3.63) is 65.7 Å². The van der Waals surface area contributed by atoms with Gasteiger partial charge >= 0.3 is 0 Å². The van der Waals surface area contributed by atoms with Crippen LogP contribution in [-0.2, 0) is 4.79 Å². The Bertz CT molecular complexity index is 641. The number of aliphatic hydroxyl groups is 1. The predicted octanol–water partition coefficient (Wildman–Crippen LogP) is 2.27. The first-order valence-corrected chi connectivity index (χ1v) is 7.00. The number of ether oxygens (including phenoxy) is 1. The number of hydrazone groups is 1. The van der Waals surface area contributed by atoms with Crippen molar-refractivity contribution in [2.45, 2.75) is 13.0 Å². The van der Waals surface area contributed by atoms with Gasteiger partial charge in [-0.1, -0.05) is 42.5 Å². The summed E-state index contributed by atoms with van der Waals surface area (Å²) in [5, 5.41) is 13.8. The lowest BCUT2D eigenvalue weighted by Crippen LogP contribution is -2.25. The van der Waals surface area contributed by atoms with E-state index in [1.165, 1.54) is 6.21 Å². The van der Waals surface area contributed by atoms with Gasteiger partial charge in [0.15, 0.2) is 6.10 Å². The minimum absolute atomic E-state index is 0.518. The Morgan fingerprint density at radius 3 is 2.64 bits per heavy atom. The summed E-state index contributed by atoms with van der Waals surface area (Å²) >= 11 is 0. The van der Waals surface area contributed by atoms with E-state index in [1.807, 2.05) is 37.3 Å². The zero-order chi connectivity index (χ0) is 15.8. The molecule has 5 heteroatoms. The van der Waals surface area contributed by atoms with E-state index in [9.17, 15) is 9.90 Å². The molecule has 0 heterocycles. The molecule has 1 amide bonds. The first-order chi connectivity index (χ1) is 10.7. The second kappa shape index (κ2) is 7.95. The van der Waals surface area contributed by atoms with Gasteiger partial charge in [-0.05, 0) is 24.6 Å². The van der Waals surface area contributed by atoms with E-state index in [1.54, 1.807) is 24.3 Å². The molecule has 114 valence electrons. The molecule has 1 unspecified atom stereocenters. The summed E-state index contributed by atoms with van der Waals surface area (Å²) in [4.78, 5) is 11.8. The highest BCUT2D eigenvalue weighted by Gasteiger charge is 2.15. The fourth-order valence-corrected chi connectivity index (χ4v) is 1.89. The molecular formula is C17H18N2O3. The maximum absolute atomic E-state index is 11.8. The fourth-order valence-electron chi connectivity index (χ4n) is 1.89. The number of para-hydroxylation sites is 1. The molecule has 0 bridgehead atoms. The van der Waals surface area contributed by atoms with Crippen molar-refractivity contribution in [3.8, 4) is 5.75 Å². The number of hydrogen-bond acceptors (Lipinski definition) is 4. The fraction of sp³-hybridized carbons (Fsp3) is 0.176. The van der Waals surface area contributed by atoms with E-state index in [2.05, 4.69) is 10.5 Å². The van der Waals surface area contributed by atoms with Gasteiger partial charge in [0.05, 0.1) is 12.8 Å². The average molecular weight is 298 g/mol. The summed E-state index contributed by atoms with van der Waals surface area (Å²) in [6, 6.07) is 16.1. The van der Waals surface area contributed by atoms with Crippen molar-refractivity contribution in [3.63, 3.8) is 0 Å². The Morgan fingerprint density at radius 2 is 1.91 bits per heavy atom. The SMILES string of the molecule is CCOc1ccccc1C=NNC(=O)C(O)c1ccccc1. The quantitative estimate of drug-likeness (QED) is 0.635. The van der Waals surface area contributed by atoms with Gasteiger partial charge in [-0.15, -0.1) is 0 Å². The molecule has 2 rings (SSSR count). The first kappa shape index (κ1) is 15.7. The average Bonchev–Trinajstić information content (AvgIpc) is 2.56. The molecule has 0 radical (unpaired) electrons. The van der Waals surface area contributed by atoms with Crippen LogP contribution in [0.3, 0.4) is 0 Å². The Morgan fingerprint density at radius 1 is 1.23 bits per heavy atom. The van der Waals surface area contributed by atoms with Crippen LogP contribution < -0.4 is 10.2 Å². The van der Waals surface area contributed by atoms with Crippen LogP contribution in [0.4, 0.5) is 0 Å². The lowest BCUT2D eigenvalue weighted by Gasteiger charge is -2.09. The highest BCUT2D eigenvalue weighted by Crippen LogP contribution is 2.15. The summed E-state index contributed by atoms with van der Waals surface area (Å²) in [5.41, 5.74) is 3.59. The largest absolute Gasteiger partial charge is 0.493 e. The van der Waals surface area contributed by atoms with Gasteiger partial charge < -0.3 is 9.84 Å². The third kappa shape index (κ3) is 4.17. The molecule has 22 heavy (non-hydrogen) atoms. The zero-order valence-corrected chi connectivity index (χ0v) is 12.3. The number of carbonyl (C=O) groups is 1. The molecule has 0 fully saturated rings. The molecule has 0 aliphatic heterocycles. The summed E-state index contributed by atoms with van der Waals surface area (Å²) in [7, 11) is 0. The smallest absolute Gasteiger partial charge is 0.273 e. The van der Waals surface area contributed by atoms with Crippen LogP contribution in [0.25, 0.3) is 0 Å². The second-order valence-electron chi connectivity index (χ2n) is 4.52. The van der Waals surface area contributed by atoms with E-state index in [4.69, 9.17) is 4.74 Å². The highest BCUT2D eigenvalue weighted by atomic mass is 16.5. The number of carbonyl (C=O) groups excluding carboxylic acids is 1. The van der Waals surface area contributed by atoms with Crippen molar-refractivity contribution in [2.24, 2.45) is 5.10 Å². The summed E-state index contributed by atoms with van der Waals surface area (Å²) in [6.45, 7) is 2.44. The van der Waals surface area contributed by atoms with Crippen molar-refractivity contribution in [1.29, 1.82) is 0 Å². The van der Waals surface area contributed by atoms with Crippen LogP contribution in [0.15, 0.2) is 59.7 Å².